The summed E-state index contributed by atoms with van der Waals surface area (Å²) >= 11 is 0. The van der Waals surface area contributed by atoms with Gasteiger partial charge in [-0.1, -0.05) is 72.8 Å². The van der Waals surface area contributed by atoms with E-state index < -0.39 is 23.0 Å². The van der Waals surface area contributed by atoms with Gasteiger partial charge in [-0.3, -0.25) is 24.0 Å². The number of aldehydes is 4. The van der Waals surface area contributed by atoms with Crippen LogP contribution in [-0.4, -0.2) is 30.9 Å². The third-order valence-corrected chi connectivity index (χ3v) is 10.4. The molecule has 6 aromatic carbocycles. The van der Waals surface area contributed by atoms with E-state index in [0.717, 1.165) is 0 Å². The number of ketones is 1. The molecule has 1 aliphatic carbocycles. The second kappa shape index (κ2) is 17.0. The fourth-order valence-electron chi connectivity index (χ4n) is 5.68. The van der Waals surface area contributed by atoms with Crippen LogP contribution in [0.2, 0.25) is 0 Å². The van der Waals surface area contributed by atoms with Crippen LogP contribution in [0, 0.1) is 0 Å². The van der Waals surface area contributed by atoms with Gasteiger partial charge < -0.3 is 27.1 Å². The first-order valence-corrected chi connectivity index (χ1v) is 18.8. The average molecular weight is 771 g/mol. The van der Waals surface area contributed by atoms with Crippen molar-refractivity contribution in [2.24, 2.45) is 0 Å². The highest BCUT2D eigenvalue weighted by Crippen LogP contribution is 2.49. The average Bonchev–Trinajstić information content (AvgIpc) is 3.21. The van der Waals surface area contributed by atoms with Crippen LogP contribution in [-0.2, 0) is 6.42 Å². The van der Waals surface area contributed by atoms with E-state index in [1.807, 2.05) is 0 Å². The topological polar surface area (TPSA) is 141 Å². The fraction of sp³-hybridized carbons (Fsp3) is 0.0238. The molecule has 0 fully saturated rings. The van der Waals surface area contributed by atoms with Crippen LogP contribution in [0.1, 0.15) is 68.5 Å². The summed E-state index contributed by atoms with van der Waals surface area (Å²) in [5.41, 5.74) is 2.67. The zero-order valence-electron chi connectivity index (χ0n) is 28.6. The number of para-hydroxylation sites is 4. The molecule has 0 bridgehead atoms. The lowest BCUT2D eigenvalue weighted by Crippen LogP contribution is -2.18. The summed E-state index contributed by atoms with van der Waals surface area (Å²) in [6.45, 7) is 0. The van der Waals surface area contributed by atoms with E-state index in [0.29, 0.717) is 42.7 Å². The van der Waals surface area contributed by atoms with E-state index in [1.165, 1.54) is 0 Å². The second-order valence-electron chi connectivity index (χ2n) is 11.7. The van der Waals surface area contributed by atoms with Gasteiger partial charge in [-0.15, -0.1) is 0 Å². The molecule has 55 heavy (non-hydrogen) atoms. The number of hydrogen-bond acceptors (Lipinski definition) is 11. The van der Waals surface area contributed by atoms with Gasteiger partial charge in [0.05, 0.1) is 33.4 Å². The molecule has 0 radical (unpaired) electrons. The molecule has 0 aliphatic heterocycles. The summed E-state index contributed by atoms with van der Waals surface area (Å²) < 4.78 is 37.2. The van der Waals surface area contributed by atoms with Gasteiger partial charge in [0, 0.05) is 0 Å². The van der Waals surface area contributed by atoms with E-state index in [2.05, 4.69) is 0 Å². The highest BCUT2D eigenvalue weighted by molar-refractivity contribution is 7.43. The van der Waals surface area contributed by atoms with Crippen LogP contribution in [0.25, 0.3) is 0 Å². The molecule has 0 aromatic heterocycles. The number of fused-ring (bicyclic) bond motifs is 2. The largest absolute Gasteiger partial charge is 0.530 e. The van der Waals surface area contributed by atoms with Crippen molar-refractivity contribution in [1.82, 2.24) is 0 Å². The Morgan fingerprint density at radius 3 is 0.945 bits per heavy atom. The van der Waals surface area contributed by atoms with E-state index in [-0.39, 0.29) is 67.9 Å². The molecular formula is C42H28O11P2. The van der Waals surface area contributed by atoms with Crippen molar-refractivity contribution in [3.8, 4) is 34.5 Å². The zero-order valence-corrected chi connectivity index (χ0v) is 30.4. The molecule has 11 nitrogen and oxygen atoms in total. The lowest BCUT2D eigenvalue weighted by molar-refractivity contribution is 0.102. The molecule has 0 heterocycles. The maximum absolute atomic E-state index is 14.7. The first-order chi connectivity index (χ1) is 27.0. The van der Waals surface area contributed by atoms with E-state index in [4.69, 9.17) is 27.1 Å². The zero-order chi connectivity index (χ0) is 38.1. The Kier molecular flexibility index (Phi) is 11.3. The van der Waals surface area contributed by atoms with Gasteiger partial charge in [0.2, 0.25) is 5.78 Å². The van der Waals surface area contributed by atoms with Crippen LogP contribution in [0.3, 0.4) is 0 Å². The number of carbonyl (C=O) groups is 5. The standard InChI is InChI=1S/C42H28O11P2/c43-24-30-11-1-5-17-34(30)48-54(49-35-18-6-2-12-31(35)25-44)52-38-21-9-15-28-23-29-16-10-22-39(41(29)42(47)40(28)38)53-55(50-36-19-7-3-13-32(36)26-45)51-37-20-8-4-14-33(37)27-46/h1-22,24-27H,23H2. The minimum atomic E-state index is -2.42. The second-order valence-corrected chi connectivity index (χ2v) is 13.7. The molecule has 6 aromatic rings. The van der Waals surface area contributed by atoms with Gasteiger partial charge in [-0.2, -0.15) is 0 Å². The van der Waals surface area contributed by atoms with Crippen molar-refractivity contribution in [3.05, 3.63) is 178 Å². The summed E-state index contributed by atoms with van der Waals surface area (Å²) in [5, 5.41) is 0. The smallest absolute Gasteiger partial charge is 0.408 e. The molecule has 1 aliphatic rings. The minimum absolute atomic E-state index is 0.121. The lowest BCUT2D eigenvalue weighted by atomic mass is 9.84. The maximum atomic E-state index is 14.7. The summed E-state index contributed by atoms with van der Waals surface area (Å²) in [4.78, 5) is 62.1. The van der Waals surface area contributed by atoms with Crippen molar-refractivity contribution in [3.63, 3.8) is 0 Å². The Morgan fingerprint density at radius 1 is 0.364 bits per heavy atom. The van der Waals surface area contributed by atoms with Crippen molar-refractivity contribution < 1.29 is 51.1 Å². The monoisotopic (exact) mass is 770 g/mol. The van der Waals surface area contributed by atoms with Crippen LogP contribution in [0.5, 0.6) is 34.5 Å². The van der Waals surface area contributed by atoms with Crippen molar-refractivity contribution >= 4 is 48.1 Å². The SMILES string of the molecule is O=Cc1ccccc1OP(Oc1ccccc1C=O)Oc1cccc2c1C(=O)c1c(cccc1OP(Oc1ccccc1C=O)Oc1ccccc1C=O)C2. The van der Waals surface area contributed by atoms with Gasteiger partial charge in [-0.05, 0) is 78.2 Å². The Balaban J connectivity index is 1.24. The van der Waals surface area contributed by atoms with E-state index in [9.17, 15) is 24.0 Å². The van der Waals surface area contributed by atoms with Crippen molar-refractivity contribution in [2.75, 3.05) is 0 Å². The first kappa shape index (κ1) is 36.7. The van der Waals surface area contributed by atoms with Crippen LogP contribution < -0.4 is 27.1 Å². The van der Waals surface area contributed by atoms with Gasteiger partial charge in [0.1, 0.15) is 34.5 Å². The predicted molar refractivity (Wildman–Crippen MR) is 204 cm³/mol. The molecule has 13 heteroatoms. The van der Waals surface area contributed by atoms with Gasteiger partial charge in [0.15, 0.2) is 25.1 Å². The van der Waals surface area contributed by atoms with Crippen LogP contribution >= 0.6 is 17.2 Å². The number of benzene rings is 6. The Labute approximate surface area is 317 Å². The summed E-state index contributed by atoms with van der Waals surface area (Å²) in [5.74, 6) is 0.479. The summed E-state index contributed by atoms with van der Waals surface area (Å²) in [7, 11) is -4.84. The third-order valence-electron chi connectivity index (χ3n) is 8.28. The number of hydrogen-bond donors (Lipinski definition) is 0. The minimum Gasteiger partial charge on any atom is -0.408 e. The van der Waals surface area contributed by atoms with Gasteiger partial charge in [0.25, 0.3) is 0 Å². The summed E-state index contributed by atoms with van der Waals surface area (Å²) in [6.07, 6.45) is 2.84. The molecular weight excluding hydrogens is 742 g/mol. The fourth-order valence-corrected chi connectivity index (χ4v) is 7.84. The molecule has 272 valence electrons. The lowest BCUT2D eigenvalue weighted by Gasteiger charge is -2.26. The molecule has 7 rings (SSSR count). The quantitative estimate of drug-likeness (QED) is 0.0685. The molecule has 0 atom stereocenters. The first-order valence-electron chi connectivity index (χ1n) is 16.6. The Hall–Kier alpha value is -6.67. The Bertz CT molecular complexity index is 2140. The van der Waals surface area contributed by atoms with Gasteiger partial charge >= 0.3 is 17.2 Å². The molecule has 0 saturated carbocycles. The molecule has 0 spiro atoms. The predicted octanol–water partition coefficient (Wildman–Crippen LogP) is 9.60. The molecule has 0 unspecified atom stereocenters. The Morgan fingerprint density at radius 2 is 0.636 bits per heavy atom. The van der Waals surface area contributed by atoms with Crippen LogP contribution in [0.15, 0.2) is 133 Å². The maximum Gasteiger partial charge on any atom is 0.530 e. The van der Waals surface area contributed by atoms with Crippen LogP contribution in [0.4, 0.5) is 0 Å². The van der Waals surface area contributed by atoms with Crippen molar-refractivity contribution in [2.45, 2.75) is 6.42 Å². The molecule has 0 N–H and O–H groups in total. The number of rotatable bonds is 16. The molecule has 0 amide bonds. The molecule has 0 saturated heterocycles. The van der Waals surface area contributed by atoms with E-state index >= 15 is 0 Å². The van der Waals surface area contributed by atoms with E-state index in [1.54, 1.807) is 133 Å². The van der Waals surface area contributed by atoms with Crippen molar-refractivity contribution in [1.29, 1.82) is 0 Å². The highest BCUT2D eigenvalue weighted by atomic mass is 31.2. The van der Waals surface area contributed by atoms with Gasteiger partial charge in [-0.25, -0.2) is 0 Å². The highest BCUT2D eigenvalue weighted by Gasteiger charge is 2.34. The normalized spacial score (nSPS) is 11.5. The third kappa shape index (κ3) is 8.14. The summed E-state index contributed by atoms with van der Waals surface area (Å²) in [6, 6.07) is 36.3. The number of carbonyl (C=O) groups excluding carboxylic acids is 5.